The van der Waals surface area contributed by atoms with Crippen LogP contribution in [0, 0.1) is 5.92 Å². The molecule has 1 aromatic rings. The van der Waals surface area contributed by atoms with Gasteiger partial charge in [0.2, 0.25) is 0 Å². The molecule has 0 saturated heterocycles. The molecule has 1 atom stereocenters. The molecular weight excluding hydrogens is 229 g/mol. The van der Waals surface area contributed by atoms with E-state index in [1.54, 1.807) is 0 Å². The second-order valence-electron chi connectivity index (χ2n) is 3.74. The lowest BCUT2D eigenvalue weighted by atomic mass is 9.97. The molecular formula is C12H17Cl2N. The fourth-order valence-electron chi connectivity index (χ4n) is 1.67. The summed E-state index contributed by atoms with van der Waals surface area (Å²) in [4.78, 5) is 0. The SMILES string of the molecule is CCC(CNC)Cc1c(Cl)cccc1Cl. The van der Waals surface area contributed by atoms with E-state index in [4.69, 9.17) is 23.2 Å². The molecule has 1 aromatic carbocycles. The molecule has 0 amide bonds. The molecule has 0 fully saturated rings. The van der Waals surface area contributed by atoms with Crippen LogP contribution >= 0.6 is 23.2 Å². The standard InChI is InChI=1S/C12H17Cl2N/c1-3-9(8-15-2)7-10-11(13)5-4-6-12(10)14/h4-6,9,15H,3,7-8H2,1-2H3. The van der Waals surface area contributed by atoms with E-state index in [1.165, 1.54) is 0 Å². The predicted molar refractivity (Wildman–Crippen MR) is 67.9 cm³/mol. The molecule has 0 saturated carbocycles. The fourth-order valence-corrected chi connectivity index (χ4v) is 2.22. The van der Waals surface area contributed by atoms with E-state index < -0.39 is 0 Å². The van der Waals surface area contributed by atoms with Crippen LogP contribution in [0.4, 0.5) is 0 Å². The summed E-state index contributed by atoms with van der Waals surface area (Å²) in [5.41, 5.74) is 1.07. The smallest absolute Gasteiger partial charge is 0.0452 e. The van der Waals surface area contributed by atoms with Gasteiger partial charge in [-0.2, -0.15) is 0 Å². The molecule has 1 rings (SSSR count). The predicted octanol–water partition coefficient (Wildman–Crippen LogP) is 3.78. The lowest BCUT2D eigenvalue weighted by Crippen LogP contribution is -2.20. The van der Waals surface area contributed by atoms with Crippen molar-refractivity contribution in [3.05, 3.63) is 33.8 Å². The summed E-state index contributed by atoms with van der Waals surface area (Å²) >= 11 is 12.3. The topological polar surface area (TPSA) is 12.0 Å². The van der Waals surface area contributed by atoms with Crippen molar-refractivity contribution in [2.45, 2.75) is 19.8 Å². The zero-order chi connectivity index (χ0) is 11.3. The van der Waals surface area contributed by atoms with Crippen molar-refractivity contribution in [3.63, 3.8) is 0 Å². The number of rotatable bonds is 5. The van der Waals surface area contributed by atoms with E-state index >= 15 is 0 Å². The third-order valence-corrected chi connectivity index (χ3v) is 3.33. The summed E-state index contributed by atoms with van der Waals surface area (Å²) < 4.78 is 0. The largest absolute Gasteiger partial charge is 0.319 e. The van der Waals surface area contributed by atoms with Gasteiger partial charge in [0.1, 0.15) is 0 Å². The van der Waals surface area contributed by atoms with Gasteiger partial charge in [-0.3, -0.25) is 0 Å². The maximum absolute atomic E-state index is 6.13. The highest BCUT2D eigenvalue weighted by atomic mass is 35.5. The Hall–Kier alpha value is -0.240. The molecule has 3 heteroatoms. The van der Waals surface area contributed by atoms with Crippen molar-refractivity contribution in [2.75, 3.05) is 13.6 Å². The lowest BCUT2D eigenvalue weighted by Gasteiger charge is -2.16. The minimum atomic E-state index is 0.590. The molecule has 1 unspecified atom stereocenters. The zero-order valence-corrected chi connectivity index (χ0v) is 10.7. The maximum atomic E-state index is 6.13. The van der Waals surface area contributed by atoms with Gasteiger partial charge in [0, 0.05) is 10.0 Å². The van der Waals surface area contributed by atoms with Crippen LogP contribution in [0.25, 0.3) is 0 Å². The van der Waals surface area contributed by atoms with Crippen molar-refractivity contribution < 1.29 is 0 Å². The molecule has 0 heterocycles. The Kier molecular flexibility index (Phi) is 5.44. The molecule has 1 nitrogen and oxygen atoms in total. The molecule has 0 bridgehead atoms. The van der Waals surface area contributed by atoms with E-state index in [0.29, 0.717) is 5.92 Å². The zero-order valence-electron chi connectivity index (χ0n) is 9.19. The lowest BCUT2D eigenvalue weighted by molar-refractivity contribution is 0.481. The van der Waals surface area contributed by atoms with Crippen LogP contribution in [0.1, 0.15) is 18.9 Å². The number of halogens is 2. The maximum Gasteiger partial charge on any atom is 0.0452 e. The summed E-state index contributed by atoms with van der Waals surface area (Å²) in [5, 5.41) is 4.74. The van der Waals surface area contributed by atoms with Crippen LogP contribution in [-0.4, -0.2) is 13.6 Å². The first-order valence-corrected chi connectivity index (χ1v) is 6.02. The van der Waals surface area contributed by atoms with Crippen molar-refractivity contribution in [3.8, 4) is 0 Å². The Balaban J connectivity index is 2.78. The second-order valence-corrected chi connectivity index (χ2v) is 4.55. The third kappa shape index (κ3) is 3.67. The van der Waals surface area contributed by atoms with Crippen molar-refractivity contribution in [2.24, 2.45) is 5.92 Å². The van der Waals surface area contributed by atoms with E-state index in [9.17, 15) is 0 Å². The molecule has 0 aromatic heterocycles. The second kappa shape index (κ2) is 6.37. The summed E-state index contributed by atoms with van der Waals surface area (Å²) in [7, 11) is 1.97. The van der Waals surface area contributed by atoms with Gasteiger partial charge < -0.3 is 5.32 Å². The molecule has 0 aliphatic heterocycles. The average Bonchev–Trinajstić information content (AvgIpc) is 2.22. The molecule has 15 heavy (non-hydrogen) atoms. The van der Waals surface area contributed by atoms with Gasteiger partial charge in [0.05, 0.1) is 0 Å². The first kappa shape index (κ1) is 12.8. The highest BCUT2D eigenvalue weighted by Crippen LogP contribution is 2.27. The Morgan fingerprint density at radius 3 is 2.33 bits per heavy atom. The van der Waals surface area contributed by atoms with Gasteiger partial charge in [0.15, 0.2) is 0 Å². The number of hydrogen-bond acceptors (Lipinski definition) is 1. The Bertz CT molecular complexity index is 292. The number of nitrogens with one attached hydrogen (secondary N) is 1. The van der Waals surface area contributed by atoms with Crippen LogP contribution in [0.2, 0.25) is 10.0 Å². The van der Waals surface area contributed by atoms with Crippen molar-refractivity contribution >= 4 is 23.2 Å². The van der Waals surface area contributed by atoms with Crippen LogP contribution in [0.15, 0.2) is 18.2 Å². The van der Waals surface area contributed by atoms with Gasteiger partial charge in [0.25, 0.3) is 0 Å². The van der Waals surface area contributed by atoms with Crippen molar-refractivity contribution in [1.82, 2.24) is 5.32 Å². The summed E-state index contributed by atoms with van der Waals surface area (Å²) in [6.07, 6.45) is 2.07. The van der Waals surface area contributed by atoms with E-state index in [-0.39, 0.29) is 0 Å². The molecule has 0 aliphatic carbocycles. The Labute approximate surface area is 102 Å². The highest BCUT2D eigenvalue weighted by molar-refractivity contribution is 6.35. The molecule has 84 valence electrons. The minimum Gasteiger partial charge on any atom is -0.319 e. The van der Waals surface area contributed by atoms with E-state index in [2.05, 4.69) is 12.2 Å². The van der Waals surface area contributed by atoms with Gasteiger partial charge in [-0.25, -0.2) is 0 Å². The van der Waals surface area contributed by atoms with Gasteiger partial charge >= 0.3 is 0 Å². The normalized spacial score (nSPS) is 12.8. The molecule has 0 spiro atoms. The average molecular weight is 246 g/mol. The minimum absolute atomic E-state index is 0.590. The third-order valence-electron chi connectivity index (χ3n) is 2.62. The number of benzene rings is 1. The van der Waals surface area contributed by atoms with Gasteiger partial charge in [-0.05, 0) is 43.6 Å². The van der Waals surface area contributed by atoms with Crippen LogP contribution < -0.4 is 5.32 Å². The molecule has 1 N–H and O–H groups in total. The highest BCUT2D eigenvalue weighted by Gasteiger charge is 2.11. The molecule has 0 radical (unpaired) electrons. The Morgan fingerprint density at radius 1 is 1.27 bits per heavy atom. The summed E-state index contributed by atoms with van der Waals surface area (Å²) in [6, 6.07) is 5.68. The first-order chi connectivity index (χ1) is 7.19. The van der Waals surface area contributed by atoms with Gasteiger partial charge in [-0.1, -0.05) is 42.6 Å². The van der Waals surface area contributed by atoms with Crippen molar-refractivity contribution in [1.29, 1.82) is 0 Å². The fraction of sp³-hybridized carbons (Fsp3) is 0.500. The van der Waals surface area contributed by atoms with Crippen LogP contribution in [-0.2, 0) is 6.42 Å². The van der Waals surface area contributed by atoms with Crippen LogP contribution in [0.5, 0.6) is 0 Å². The van der Waals surface area contributed by atoms with E-state index in [0.717, 1.165) is 35.0 Å². The summed E-state index contributed by atoms with van der Waals surface area (Å²) in [6.45, 7) is 3.19. The number of hydrogen-bond donors (Lipinski definition) is 1. The molecule has 0 aliphatic rings. The van der Waals surface area contributed by atoms with Crippen LogP contribution in [0.3, 0.4) is 0 Å². The quantitative estimate of drug-likeness (QED) is 0.833. The van der Waals surface area contributed by atoms with E-state index in [1.807, 2.05) is 25.2 Å². The van der Waals surface area contributed by atoms with Gasteiger partial charge in [-0.15, -0.1) is 0 Å². The Morgan fingerprint density at radius 2 is 1.87 bits per heavy atom. The monoisotopic (exact) mass is 245 g/mol. The first-order valence-electron chi connectivity index (χ1n) is 5.26. The summed E-state index contributed by atoms with van der Waals surface area (Å²) in [5.74, 6) is 0.590.